The fraction of sp³-hybridized carbons (Fsp3) is 0.625. The first-order chi connectivity index (χ1) is 10.0. The van der Waals surface area contributed by atoms with Gasteiger partial charge in [0.2, 0.25) is 5.91 Å². The van der Waals surface area contributed by atoms with E-state index in [0.717, 1.165) is 44.6 Å². The summed E-state index contributed by atoms with van der Waals surface area (Å²) >= 11 is 0. The van der Waals surface area contributed by atoms with E-state index in [0.29, 0.717) is 0 Å². The maximum Gasteiger partial charge on any atom is 0.237 e. The zero-order valence-electron chi connectivity index (χ0n) is 13.0. The summed E-state index contributed by atoms with van der Waals surface area (Å²) in [5.74, 6) is -0.0733. The number of nitrogens with zero attached hydrogens (tertiary/aromatic N) is 2. The molecule has 1 unspecified atom stereocenters. The lowest BCUT2D eigenvalue weighted by atomic mass is 9.82. The van der Waals surface area contributed by atoms with Crippen LogP contribution in [0.4, 0.5) is 0 Å². The third kappa shape index (κ3) is 4.25. The SMILES string of the molecule is CCN1CCC(Cc2ccccn2)(NC(=O)C(C)N)CC1. The van der Waals surface area contributed by atoms with Gasteiger partial charge < -0.3 is 16.0 Å². The lowest BCUT2D eigenvalue weighted by Gasteiger charge is -2.42. The van der Waals surface area contributed by atoms with Crippen LogP contribution >= 0.6 is 0 Å². The van der Waals surface area contributed by atoms with E-state index in [9.17, 15) is 4.79 Å². The summed E-state index contributed by atoms with van der Waals surface area (Å²) in [4.78, 5) is 18.9. The highest BCUT2D eigenvalue weighted by molar-refractivity contribution is 5.81. The average Bonchev–Trinajstić information content (AvgIpc) is 2.49. The second-order valence-electron chi connectivity index (χ2n) is 5.99. The molecule has 1 aliphatic rings. The first-order valence-corrected chi connectivity index (χ1v) is 7.74. The number of amides is 1. The normalized spacial score (nSPS) is 20.0. The van der Waals surface area contributed by atoms with Crippen molar-refractivity contribution in [1.82, 2.24) is 15.2 Å². The molecule has 0 radical (unpaired) electrons. The molecular weight excluding hydrogens is 264 g/mol. The van der Waals surface area contributed by atoms with Crippen molar-refractivity contribution in [2.75, 3.05) is 19.6 Å². The Morgan fingerprint density at radius 1 is 1.48 bits per heavy atom. The van der Waals surface area contributed by atoms with Crippen molar-refractivity contribution in [2.24, 2.45) is 5.73 Å². The molecule has 116 valence electrons. The van der Waals surface area contributed by atoms with E-state index in [2.05, 4.69) is 22.1 Å². The van der Waals surface area contributed by atoms with E-state index in [4.69, 9.17) is 5.73 Å². The lowest BCUT2D eigenvalue weighted by Crippen LogP contribution is -2.59. The van der Waals surface area contributed by atoms with Gasteiger partial charge in [0.25, 0.3) is 0 Å². The summed E-state index contributed by atoms with van der Waals surface area (Å²) in [5, 5.41) is 3.19. The van der Waals surface area contributed by atoms with Crippen molar-refractivity contribution in [3.63, 3.8) is 0 Å². The molecule has 1 aliphatic heterocycles. The third-order valence-corrected chi connectivity index (χ3v) is 4.31. The average molecular weight is 290 g/mol. The minimum absolute atomic E-state index is 0.0733. The van der Waals surface area contributed by atoms with Crippen molar-refractivity contribution in [2.45, 2.75) is 44.7 Å². The highest BCUT2D eigenvalue weighted by atomic mass is 16.2. The van der Waals surface area contributed by atoms with Crippen LogP contribution in [0.15, 0.2) is 24.4 Å². The summed E-state index contributed by atoms with van der Waals surface area (Å²) in [5.41, 5.74) is 6.52. The Labute approximate surface area is 126 Å². The number of carbonyl (C=O) groups excluding carboxylic acids is 1. The van der Waals surface area contributed by atoms with E-state index in [1.165, 1.54) is 0 Å². The molecule has 1 saturated heterocycles. The number of likely N-dealkylation sites (tertiary alicyclic amines) is 1. The number of carbonyl (C=O) groups is 1. The summed E-state index contributed by atoms with van der Waals surface area (Å²) < 4.78 is 0. The van der Waals surface area contributed by atoms with Crippen molar-refractivity contribution in [3.05, 3.63) is 30.1 Å². The predicted octanol–water partition coefficient (Wildman–Crippen LogP) is 0.942. The number of pyridine rings is 1. The van der Waals surface area contributed by atoms with Gasteiger partial charge in [0.05, 0.1) is 6.04 Å². The van der Waals surface area contributed by atoms with Crippen molar-refractivity contribution in [3.8, 4) is 0 Å². The molecule has 2 rings (SSSR count). The summed E-state index contributed by atoms with van der Waals surface area (Å²) in [7, 11) is 0. The lowest BCUT2D eigenvalue weighted by molar-refractivity contribution is -0.124. The molecule has 0 saturated carbocycles. The van der Waals surface area contributed by atoms with Crippen LogP contribution in [-0.4, -0.2) is 47.0 Å². The van der Waals surface area contributed by atoms with E-state index < -0.39 is 6.04 Å². The summed E-state index contributed by atoms with van der Waals surface area (Å²) in [6.07, 6.45) is 4.45. The van der Waals surface area contributed by atoms with Gasteiger partial charge >= 0.3 is 0 Å². The second kappa shape index (κ2) is 7.00. The molecule has 5 nitrogen and oxygen atoms in total. The smallest absolute Gasteiger partial charge is 0.237 e. The number of hydrogen-bond acceptors (Lipinski definition) is 4. The number of hydrogen-bond donors (Lipinski definition) is 2. The molecule has 2 heterocycles. The molecule has 1 aromatic heterocycles. The molecule has 3 N–H and O–H groups in total. The Balaban J connectivity index is 2.12. The monoisotopic (exact) mass is 290 g/mol. The van der Waals surface area contributed by atoms with E-state index in [1.54, 1.807) is 13.1 Å². The maximum atomic E-state index is 12.1. The van der Waals surface area contributed by atoms with Gasteiger partial charge in [-0.05, 0) is 38.4 Å². The van der Waals surface area contributed by atoms with Crippen molar-refractivity contribution < 1.29 is 4.79 Å². The minimum atomic E-state index is -0.477. The molecule has 21 heavy (non-hydrogen) atoms. The highest BCUT2D eigenvalue weighted by Gasteiger charge is 2.36. The largest absolute Gasteiger partial charge is 0.349 e. The van der Waals surface area contributed by atoms with Crippen LogP contribution in [0.3, 0.4) is 0 Å². The van der Waals surface area contributed by atoms with Gasteiger partial charge in [0.1, 0.15) is 0 Å². The topological polar surface area (TPSA) is 71.2 Å². The molecule has 0 aromatic carbocycles. The Morgan fingerprint density at radius 2 is 2.19 bits per heavy atom. The number of aromatic nitrogens is 1. The van der Waals surface area contributed by atoms with E-state index >= 15 is 0 Å². The van der Waals surface area contributed by atoms with Gasteiger partial charge in [0, 0.05) is 36.9 Å². The summed E-state index contributed by atoms with van der Waals surface area (Å²) in [6, 6.07) is 5.45. The molecular formula is C16H26N4O. The fourth-order valence-corrected chi connectivity index (χ4v) is 2.87. The molecule has 0 spiro atoms. The number of nitrogens with two attached hydrogens (primary N) is 1. The minimum Gasteiger partial charge on any atom is -0.349 e. The van der Waals surface area contributed by atoms with Gasteiger partial charge in [0.15, 0.2) is 0 Å². The van der Waals surface area contributed by atoms with Gasteiger partial charge in [-0.3, -0.25) is 9.78 Å². The quantitative estimate of drug-likeness (QED) is 0.847. The van der Waals surface area contributed by atoms with Crippen LogP contribution in [0.2, 0.25) is 0 Å². The zero-order valence-corrected chi connectivity index (χ0v) is 13.0. The van der Waals surface area contributed by atoms with Crippen LogP contribution < -0.4 is 11.1 Å². The Hall–Kier alpha value is -1.46. The zero-order chi connectivity index (χ0) is 15.3. The molecule has 0 aliphatic carbocycles. The number of piperidine rings is 1. The van der Waals surface area contributed by atoms with Gasteiger partial charge in [-0.2, -0.15) is 0 Å². The van der Waals surface area contributed by atoms with Crippen LogP contribution in [0.1, 0.15) is 32.4 Å². The van der Waals surface area contributed by atoms with Crippen molar-refractivity contribution >= 4 is 5.91 Å². The third-order valence-electron chi connectivity index (χ3n) is 4.31. The molecule has 1 fully saturated rings. The van der Waals surface area contributed by atoms with Crippen LogP contribution in [0.5, 0.6) is 0 Å². The highest BCUT2D eigenvalue weighted by Crippen LogP contribution is 2.26. The van der Waals surface area contributed by atoms with Gasteiger partial charge in [-0.25, -0.2) is 0 Å². The van der Waals surface area contributed by atoms with E-state index in [1.807, 2.05) is 18.2 Å². The van der Waals surface area contributed by atoms with Crippen LogP contribution in [-0.2, 0) is 11.2 Å². The standard InChI is InChI=1S/C16H26N4O/c1-3-20-10-7-16(8-11-20,19-15(21)13(2)17)12-14-6-4-5-9-18-14/h4-6,9,13H,3,7-8,10-12,17H2,1-2H3,(H,19,21). The fourth-order valence-electron chi connectivity index (χ4n) is 2.87. The Bertz CT molecular complexity index is 453. The molecule has 1 atom stereocenters. The van der Waals surface area contributed by atoms with Gasteiger partial charge in [-0.15, -0.1) is 0 Å². The molecule has 5 heteroatoms. The first kappa shape index (κ1) is 15.9. The summed E-state index contributed by atoms with van der Waals surface area (Å²) in [6.45, 7) is 6.96. The number of nitrogens with one attached hydrogen (secondary N) is 1. The molecule has 1 aromatic rings. The molecule has 1 amide bonds. The number of rotatable bonds is 5. The van der Waals surface area contributed by atoms with Gasteiger partial charge in [-0.1, -0.05) is 13.0 Å². The second-order valence-corrected chi connectivity index (χ2v) is 5.99. The predicted molar refractivity (Wildman–Crippen MR) is 83.8 cm³/mol. The maximum absolute atomic E-state index is 12.1. The van der Waals surface area contributed by atoms with E-state index in [-0.39, 0.29) is 11.4 Å². The van der Waals surface area contributed by atoms with Crippen molar-refractivity contribution in [1.29, 1.82) is 0 Å². The molecule has 0 bridgehead atoms. The van der Waals surface area contributed by atoms with Crippen LogP contribution in [0.25, 0.3) is 0 Å². The first-order valence-electron chi connectivity index (χ1n) is 7.74. The Morgan fingerprint density at radius 3 is 2.71 bits per heavy atom. The Kier molecular flexibility index (Phi) is 5.31. The van der Waals surface area contributed by atoms with Crippen LogP contribution in [0, 0.1) is 0 Å².